The second-order valence-corrected chi connectivity index (χ2v) is 4.58. The number of aryl methyl sites for hydroxylation is 1. The Hall–Kier alpha value is -1.23. The summed E-state index contributed by atoms with van der Waals surface area (Å²) in [4.78, 5) is 1.58. The predicted molar refractivity (Wildman–Crippen MR) is 64.6 cm³/mol. The van der Waals surface area contributed by atoms with Crippen molar-refractivity contribution in [1.82, 2.24) is 4.90 Å². The van der Waals surface area contributed by atoms with Gasteiger partial charge in [-0.2, -0.15) is 13.2 Å². The van der Waals surface area contributed by atoms with E-state index in [2.05, 4.69) is 0 Å². The van der Waals surface area contributed by atoms with E-state index < -0.39 is 12.6 Å². The van der Waals surface area contributed by atoms with Crippen molar-refractivity contribution in [3.63, 3.8) is 0 Å². The average molecular weight is 261 g/mol. The van der Waals surface area contributed by atoms with E-state index in [1.807, 2.05) is 13.0 Å². The van der Waals surface area contributed by atoms with E-state index in [-0.39, 0.29) is 18.3 Å². The summed E-state index contributed by atoms with van der Waals surface area (Å²) >= 11 is 0. The maximum atomic E-state index is 12.1. The molecule has 5 heteroatoms. The van der Waals surface area contributed by atoms with Gasteiger partial charge in [0.25, 0.3) is 0 Å². The minimum Gasteiger partial charge on any atom is -0.508 e. The number of phenols is 1. The monoisotopic (exact) mass is 261 g/mol. The molecule has 0 aliphatic carbocycles. The molecule has 0 aromatic heterocycles. The summed E-state index contributed by atoms with van der Waals surface area (Å²) in [5, 5.41) is 9.79. The van der Waals surface area contributed by atoms with Crippen molar-refractivity contribution < 1.29 is 18.3 Å². The van der Waals surface area contributed by atoms with Crippen LogP contribution in [-0.4, -0.2) is 29.8 Å². The van der Waals surface area contributed by atoms with E-state index in [0.717, 1.165) is 5.56 Å². The fourth-order valence-corrected chi connectivity index (χ4v) is 1.74. The van der Waals surface area contributed by atoms with Crippen molar-refractivity contribution in [3.05, 3.63) is 29.3 Å². The van der Waals surface area contributed by atoms with E-state index in [4.69, 9.17) is 0 Å². The van der Waals surface area contributed by atoms with Gasteiger partial charge in [0, 0.05) is 18.2 Å². The summed E-state index contributed by atoms with van der Waals surface area (Å²) in [6.45, 7) is 3.54. The van der Waals surface area contributed by atoms with Gasteiger partial charge in [0.1, 0.15) is 5.75 Å². The zero-order valence-electron chi connectivity index (χ0n) is 10.8. The average Bonchev–Trinajstić information content (AvgIpc) is 2.24. The van der Waals surface area contributed by atoms with Crippen LogP contribution in [0.15, 0.2) is 18.2 Å². The van der Waals surface area contributed by atoms with Crippen LogP contribution in [0.4, 0.5) is 13.2 Å². The molecule has 0 spiro atoms. The largest absolute Gasteiger partial charge is 0.508 e. The van der Waals surface area contributed by atoms with Crippen molar-refractivity contribution >= 4 is 0 Å². The van der Waals surface area contributed by atoms with Gasteiger partial charge in [-0.1, -0.05) is 12.1 Å². The fourth-order valence-electron chi connectivity index (χ4n) is 1.74. The van der Waals surface area contributed by atoms with Crippen LogP contribution in [0, 0.1) is 6.92 Å². The predicted octanol–water partition coefficient (Wildman–Crippen LogP) is 3.65. The molecule has 2 nitrogen and oxygen atoms in total. The highest BCUT2D eigenvalue weighted by Crippen LogP contribution is 2.29. The summed E-state index contributed by atoms with van der Waals surface area (Å²) < 4.78 is 36.4. The Bertz CT molecular complexity index is 404. The Balaban J connectivity index is 2.71. The standard InChI is InChI=1S/C13H18F3NO/c1-9-4-5-11(12(18)8-9)10(2)17(3)7-6-13(14,15)16/h4-5,8,10,18H,6-7H2,1-3H3. The molecule has 0 heterocycles. The van der Waals surface area contributed by atoms with Gasteiger partial charge in [0.05, 0.1) is 6.42 Å². The zero-order chi connectivity index (χ0) is 13.9. The van der Waals surface area contributed by atoms with Gasteiger partial charge in [-0.15, -0.1) is 0 Å². The lowest BCUT2D eigenvalue weighted by molar-refractivity contribution is -0.138. The van der Waals surface area contributed by atoms with Gasteiger partial charge in [0.2, 0.25) is 0 Å². The van der Waals surface area contributed by atoms with Crippen LogP contribution in [0.1, 0.15) is 30.5 Å². The second-order valence-electron chi connectivity index (χ2n) is 4.58. The van der Waals surface area contributed by atoms with Crippen molar-refractivity contribution in [2.45, 2.75) is 32.5 Å². The first-order valence-corrected chi connectivity index (χ1v) is 5.77. The highest BCUT2D eigenvalue weighted by atomic mass is 19.4. The maximum absolute atomic E-state index is 12.1. The highest BCUT2D eigenvalue weighted by Gasteiger charge is 2.28. The molecule has 0 radical (unpaired) electrons. The molecule has 102 valence electrons. The number of hydrogen-bond acceptors (Lipinski definition) is 2. The first-order chi connectivity index (χ1) is 8.20. The molecule has 0 aliphatic rings. The fraction of sp³-hybridized carbons (Fsp3) is 0.538. The molecule has 0 bridgehead atoms. The Morgan fingerprint density at radius 3 is 2.44 bits per heavy atom. The molecule has 1 rings (SSSR count). The molecule has 0 saturated carbocycles. The van der Waals surface area contributed by atoms with E-state index in [1.165, 1.54) is 0 Å². The topological polar surface area (TPSA) is 23.5 Å². The molecule has 1 aromatic rings. The molecule has 1 atom stereocenters. The Kier molecular flexibility index (Phi) is 4.62. The first-order valence-electron chi connectivity index (χ1n) is 5.77. The molecule has 18 heavy (non-hydrogen) atoms. The Morgan fingerprint density at radius 1 is 1.33 bits per heavy atom. The second kappa shape index (κ2) is 5.61. The van der Waals surface area contributed by atoms with E-state index in [9.17, 15) is 18.3 Å². The number of phenolic OH excluding ortho intramolecular Hbond substituents is 1. The molecule has 0 saturated heterocycles. The van der Waals surface area contributed by atoms with Gasteiger partial charge in [-0.05, 0) is 32.5 Å². The minimum absolute atomic E-state index is 0.0853. The quantitative estimate of drug-likeness (QED) is 0.894. The third-order valence-electron chi connectivity index (χ3n) is 3.05. The lowest BCUT2D eigenvalue weighted by atomic mass is 10.0. The number of hydrogen-bond donors (Lipinski definition) is 1. The van der Waals surface area contributed by atoms with Crippen LogP contribution in [0.3, 0.4) is 0 Å². The van der Waals surface area contributed by atoms with Crippen LogP contribution in [0.5, 0.6) is 5.75 Å². The molecule has 1 unspecified atom stereocenters. The van der Waals surface area contributed by atoms with E-state index in [1.54, 1.807) is 31.0 Å². The zero-order valence-corrected chi connectivity index (χ0v) is 10.8. The Labute approximate surface area is 105 Å². The van der Waals surface area contributed by atoms with Crippen molar-refractivity contribution in [2.75, 3.05) is 13.6 Å². The van der Waals surface area contributed by atoms with Crippen molar-refractivity contribution in [2.24, 2.45) is 0 Å². The number of benzene rings is 1. The van der Waals surface area contributed by atoms with Gasteiger partial charge in [-0.25, -0.2) is 0 Å². The normalized spacial score (nSPS) is 13.9. The van der Waals surface area contributed by atoms with Crippen molar-refractivity contribution in [1.29, 1.82) is 0 Å². The number of rotatable bonds is 4. The minimum atomic E-state index is -4.15. The van der Waals surface area contributed by atoms with Crippen LogP contribution in [0.2, 0.25) is 0 Å². The summed E-state index contributed by atoms with van der Waals surface area (Å²) in [5.74, 6) is 0.126. The van der Waals surface area contributed by atoms with E-state index >= 15 is 0 Å². The molecule has 0 aliphatic heterocycles. The molecule has 1 aromatic carbocycles. The lowest BCUT2D eigenvalue weighted by Gasteiger charge is -2.26. The van der Waals surface area contributed by atoms with Crippen LogP contribution in [-0.2, 0) is 0 Å². The number of alkyl halides is 3. The smallest absolute Gasteiger partial charge is 0.390 e. The molecule has 1 N–H and O–H groups in total. The molecular formula is C13H18F3NO. The van der Waals surface area contributed by atoms with Crippen molar-refractivity contribution in [3.8, 4) is 5.75 Å². The van der Waals surface area contributed by atoms with Crippen LogP contribution >= 0.6 is 0 Å². The maximum Gasteiger partial charge on any atom is 0.390 e. The number of halogens is 3. The summed E-state index contributed by atoms with van der Waals surface area (Å²) in [7, 11) is 1.62. The third-order valence-corrected chi connectivity index (χ3v) is 3.05. The van der Waals surface area contributed by atoms with Crippen LogP contribution < -0.4 is 0 Å². The SMILES string of the molecule is Cc1ccc(C(C)N(C)CCC(F)(F)F)c(O)c1. The first kappa shape index (κ1) is 14.8. The summed E-state index contributed by atoms with van der Waals surface area (Å²) in [6.07, 6.45) is -5.00. The number of nitrogens with zero attached hydrogens (tertiary/aromatic N) is 1. The number of aromatic hydroxyl groups is 1. The Morgan fingerprint density at radius 2 is 1.94 bits per heavy atom. The lowest BCUT2D eigenvalue weighted by Crippen LogP contribution is -2.27. The van der Waals surface area contributed by atoms with E-state index in [0.29, 0.717) is 5.56 Å². The molecule has 0 fully saturated rings. The molecule has 0 amide bonds. The van der Waals surface area contributed by atoms with Gasteiger partial charge < -0.3 is 5.11 Å². The van der Waals surface area contributed by atoms with Gasteiger partial charge in [-0.3, -0.25) is 4.90 Å². The van der Waals surface area contributed by atoms with Gasteiger partial charge in [0.15, 0.2) is 0 Å². The highest BCUT2D eigenvalue weighted by molar-refractivity contribution is 5.37. The van der Waals surface area contributed by atoms with Crippen LogP contribution in [0.25, 0.3) is 0 Å². The van der Waals surface area contributed by atoms with Gasteiger partial charge >= 0.3 is 6.18 Å². The molecular weight excluding hydrogens is 243 g/mol. The third kappa shape index (κ3) is 4.22. The summed E-state index contributed by atoms with van der Waals surface area (Å²) in [6, 6.07) is 4.94. The summed E-state index contributed by atoms with van der Waals surface area (Å²) in [5.41, 5.74) is 1.56.